The Morgan fingerprint density at radius 2 is 2.24 bits per heavy atom. The van der Waals surface area contributed by atoms with E-state index in [4.69, 9.17) is 10.7 Å². The van der Waals surface area contributed by atoms with Gasteiger partial charge in [-0.2, -0.15) is 0 Å². The van der Waals surface area contributed by atoms with Gasteiger partial charge in [0.15, 0.2) is 0 Å². The maximum Gasteiger partial charge on any atom is 0.112 e. The first-order valence-electron chi connectivity index (χ1n) is 8.03. The molecular weight excluding hydrogens is 262 g/mol. The molecule has 1 saturated carbocycles. The summed E-state index contributed by atoms with van der Waals surface area (Å²) in [6.07, 6.45) is 5.21. The van der Waals surface area contributed by atoms with Gasteiger partial charge in [0, 0.05) is 19.0 Å². The fraction of sp³-hybridized carbons (Fsp3) is 0.588. The minimum atomic E-state index is -0.690. The lowest BCUT2D eigenvalue weighted by Crippen LogP contribution is -2.43. The third kappa shape index (κ3) is 2.97. The fourth-order valence-electron chi connectivity index (χ4n) is 3.57. The number of nitrogens with two attached hydrogens (primary N) is 1. The average Bonchev–Trinajstić information content (AvgIpc) is 2.76. The van der Waals surface area contributed by atoms with Crippen LogP contribution < -0.4 is 5.73 Å². The lowest BCUT2D eigenvalue weighted by molar-refractivity contribution is -0.00412. The van der Waals surface area contributed by atoms with Crippen LogP contribution in [-0.4, -0.2) is 26.3 Å². The largest absolute Gasteiger partial charge is 0.389 e. The zero-order chi connectivity index (χ0) is 14.9. The molecule has 4 nitrogen and oxygen atoms in total. The maximum absolute atomic E-state index is 10.9. The maximum atomic E-state index is 10.9. The molecule has 2 unspecified atom stereocenters. The highest BCUT2D eigenvalue weighted by Gasteiger charge is 2.34. The summed E-state index contributed by atoms with van der Waals surface area (Å²) in [5.74, 6) is 0.995. The van der Waals surface area contributed by atoms with E-state index in [1.807, 2.05) is 18.2 Å². The highest BCUT2D eigenvalue weighted by Crippen LogP contribution is 2.31. The van der Waals surface area contributed by atoms with Gasteiger partial charge in [-0.3, -0.25) is 0 Å². The number of benzene rings is 1. The molecule has 0 saturated heterocycles. The summed E-state index contributed by atoms with van der Waals surface area (Å²) < 4.78 is 2.26. The summed E-state index contributed by atoms with van der Waals surface area (Å²) in [6, 6.07) is 8.33. The first-order chi connectivity index (χ1) is 10.1. The fourth-order valence-corrected chi connectivity index (χ4v) is 3.57. The Kier molecular flexibility index (Phi) is 4.00. The summed E-state index contributed by atoms with van der Waals surface area (Å²) in [4.78, 5) is 4.76. The number of fused-ring (bicyclic) bond motifs is 1. The highest BCUT2D eigenvalue weighted by molar-refractivity contribution is 5.75. The van der Waals surface area contributed by atoms with Crippen LogP contribution in [0.15, 0.2) is 24.3 Å². The molecule has 4 heteroatoms. The number of hydrogen-bond donors (Lipinski definition) is 2. The van der Waals surface area contributed by atoms with Crippen molar-refractivity contribution in [2.24, 2.45) is 5.73 Å². The van der Waals surface area contributed by atoms with Gasteiger partial charge in [0.25, 0.3) is 0 Å². The van der Waals surface area contributed by atoms with Gasteiger partial charge < -0.3 is 15.4 Å². The molecule has 1 fully saturated rings. The molecule has 0 amide bonds. The van der Waals surface area contributed by atoms with E-state index in [9.17, 15) is 5.11 Å². The summed E-state index contributed by atoms with van der Waals surface area (Å²) in [6.45, 7) is 3.11. The van der Waals surface area contributed by atoms with Crippen molar-refractivity contribution in [1.29, 1.82) is 0 Å². The van der Waals surface area contributed by atoms with E-state index >= 15 is 0 Å². The molecule has 1 aromatic heterocycles. The Morgan fingerprint density at radius 3 is 3.00 bits per heavy atom. The van der Waals surface area contributed by atoms with Crippen LogP contribution in [0.5, 0.6) is 0 Å². The van der Waals surface area contributed by atoms with Crippen molar-refractivity contribution < 1.29 is 5.11 Å². The number of imidazole rings is 1. The zero-order valence-electron chi connectivity index (χ0n) is 12.8. The predicted octanol–water partition coefficient (Wildman–Crippen LogP) is 2.62. The van der Waals surface area contributed by atoms with Crippen LogP contribution in [0.2, 0.25) is 0 Å². The van der Waals surface area contributed by atoms with Gasteiger partial charge in [0.05, 0.1) is 16.6 Å². The second-order valence-electron chi connectivity index (χ2n) is 6.43. The minimum absolute atomic E-state index is 0.118. The van der Waals surface area contributed by atoms with Crippen LogP contribution >= 0.6 is 0 Å². The summed E-state index contributed by atoms with van der Waals surface area (Å²) in [5.41, 5.74) is 7.54. The molecule has 0 aliphatic heterocycles. The molecule has 1 aliphatic carbocycles. The van der Waals surface area contributed by atoms with Crippen molar-refractivity contribution in [3.05, 3.63) is 30.1 Å². The van der Waals surface area contributed by atoms with E-state index in [0.29, 0.717) is 12.8 Å². The number of nitrogens with zero attached hydrogens (tertiary/aromatic N) is 2. The van der Waals surface area contributed by atoms with E-state index in [-0.39, 0.29) is 6.04 Å². The Bertz CT molecular complexity index is 622. The van der Waals surface area contributed by atoms with Gasteiger partial charge in [-0.15, -0.1) is 0 Å². The highest BCUT2D eigenvalue weighted by atomic mass is 16.3. The Labute approximate surface area is 126 Å². The smallest absolute Gasteiger partial charge is 0.112 e. The van der Waals surface area contributed by atoms with Crippen LogP contribution in [-0.2, 0) is 13.0 Å². The summed E-state index contributed by atoms with van der Waals surface area (Å²) in [7, 11) is 0. The quantitative estimate of drug-likeness (QED) is 0.908. The van der Waals surface area contributed by atoms with Crippen molar-refractivity contribution in [2.75, 3.05) is 0 Å². The van der Waals surface area contributed by atoms with Crippen molar-refractivity contribution in [3.8, 4) is 0 Å². The third-order valence-electron chi connectivity index (χ3n) is 4.53. The molecule has 3 rings (SSSR count). The van der Waals surface area contributed by atoms with Crippen molar-refractivity contribution >= 4 is 11.0 Å². The first-order valence-corrected chi connectivity index (χ1v) is 8.03. The molecule has 1 heterocycles. The average molecular weight is 287 g/mol. The van der Waals surface area contributed by atoms with Crippen molar-refractivity contribution in [1.82, 2.24) is 9.55 Å². The molecule has 1 aliphatic rings. The first kappa shape index (κ1) is 14.5. The summed E-state index contributed by atoms with van der Waals surface area (Å²) in [5, 5.41) is 10.9. The number of aromatic nitrogens is 2. The number of aliphatic hydroxyl groups is 1. The van der Waals surface area contributed by atoms with Gasteiger partial charge in [0.1, 0.15) is 5.82 Å². The topological polar surface area (TPSA) is 64.1 Å². The third-order valence-corrected chi connectivity index (χ3v) is 4.53. The van der Waals surface area contributed by atoms with Crippen molar-refractivity contribution in [2.45, 2.75) is 63.6 Å². The van der Waals surface area contributed by atoms with Gasteiger partial charge >= 0.3 is 0 Å². The number of hydrogen-bond acceptors (Lipinski definition) is 3. The second-order valence-corrected chi connectivity index (χ2v) is 6.43. The minimum Gasteiger partial charge on any atom is -0.389 e. The van der Waals surface area contributed by atoms with Gasteiger partial charge in [-0.05, 0) is 44.2 Å². The number of rotatable bonds is 4. The predicted molar refractivity (Wildman–Crippen MR) is 85.1 cm³/mol. The molecule has 0 spiro atoms. The summed E-state index contributed by atoms with van der Waals surface area (Å²) >= 11 is 0. The molecule has 1 aromatic carbocycles. The second kappa shape index (κ2) is 5.78. The standard InChI is InChI=1S/C17H25N3O/c1-2-10-20-15-8-4-3-7-14(15)19-16(20)12-17(21)9-5-6-13(18)11-17/h3-4,7-8,13,21H,2,5-6,9-12,18H2,1H3. The van der Waals surface area contributed by atoms with Gasteiger partial charge in [0.2, 0.25) is 0 Å². The van der Waals surface area contributed by atoms with E-state index in [1.165, 1.54) is 0 Å². The van der Waals surface area contributed by atoms with E-state index in [2.05, 4.69) is 17.6 Å². The van der Waals surface area contributed by atoms with Crippen LogP contribution in [0.3, 0.4) is 0 Å². The van der Waals surface area contributed by atoms with Gasteiger partial charge in [-0.25, -0.2) is 4.98 Å². The van der Waals surface area contributed by atoms with E-state index < -0.39 is 5.60 Å². The molecule has 0 bridgehead atoms. The molecule has 0 radical (unpaired) electrons. The molecule has 21 heavy (non-hydrogen) atoms. The lowest BCUT2D eigenvalue weighted by Gasteiger charge is -2.35. The Morgan fingerprint density at radius 1 is 1.43 bits per heavy atom. The van der Waals surface area contributed by atoms with Crippen LogP contribution in [0.1, 0.15) is 44.9 Å². The van der Waals surface area contributed by atoms with Gasteiger partial charge in [-0.1, -0.05) is 19.1 Å². The molecule has 2 aromatic rings. The van der Waals surface area contributed by atoms with Crippen molar-refractivity contribution in [3.63, 3.8) is 0 Å². The number of aryl methyl sites for hydroxylation is 1. The lowest BCUT2D eigenvalue weighted by atomic mass is 9.80. The molecular formula is C17H25N3O. The Hall–Kier alpha value is -1.39. The number of para-hydroxylation sites is 2. The molecule has 3 N–H and O–H groups in total. The monoisotopic (exact) mass is 287 g/mol. The van der Waals surface area contributed by atoms with E-state index in [0.717, 1.165) is 49.1 Å². The van der Waals surface area contributed by atoms with Crippen LogP contribution in [0, 0.1) is 0 Å². The molecule has 114 valence electrons. The zero-order valence-corrected chi connectivity index (χ0v) is 12.8. The Balaban J connectivity index is 1.94. The van der Waals surface area contributed by atoms with Crippen LogP contribution in [0.4, 0.5) is 0 Å². The SMILES string of the molecule is CCCn1c(CC2(O)CCCC(N)C2)nc2ccccc21. The van der Waals surface area contributed by atoms with Crippen LogP contribution in [0.25, 0.3) is 11.0 Å². The van der Waals surface area contributed by atoms with E-state index in [1.54, 1.807) is 0 Å². The molecule has 2 atom stereocenters. The normalized spacial score (nSPS) is 26.3.